The van der Waals surface area contributed by atoms with Crippen LogP contribution in [0.2, 0.25) is 0 Å². The van der Waals surface area contributed by atoms with Crippen LogP contribution in [0, 0.1) is 6.92 Å². The molecule has 0 saturated carbocycles. The first kappa shape index (κ1) is 10.9. The molecule has 1 N–H and O–H groups in total. The molecular formula is C14H16N2S. The summed E-state index contributed by atoms with van der Waals surface area (Å²) < 4.78 is 0. The Morgan fingerprint density at radius 3 is 2.59 bits per heavy atom. The molecule has 0 bridgehead atoms. The quantitative estimate of drug-likeness (QED) is 0.897. The van der Waals surface area contributed by atoms with Crippen molar-refractivity contribution in [3.63, 3.8) is 0 Å². The highest BCUT2D eigenvalue weighted by Gasteiger charge is 2.38. The number of hydrogen-bond acceptors (Lipinski definition) is 3. The molecule has 0 aliphatic carbocycles. The predicted molar refractivity (Wildman–Crippen MR) is 71.5 cm³/mol. The highest BCUT2D eigenvalue weighted by molar-refractivity contribution is 7.09. The zero-order chi connectivity index (χ0) is 11.7. The number of thiazole rings is 1. The number of nitrogens with one attached hydrogen (secondary N) is 1. The minimum absolute atomic E-state index is 0.292. The molecule has 1 saturated heterocycles. The monoisotopic (exact) mass is 244 g/mol. The highest BCUT2D eigenvalue weighted by Crippen LogP contribution is 2.33. The fourth-order valence-corrected chi connectivity index (χ4v) is 3.17. The Balaban J connectivity index is 1.89. The van der Waals surface area contributed by atoms with Crippen molar-refractivity contribution < 1.29 is 0 Å². The lowest BCUT2D eigenvalue weighted by atomic mass is 9.72. The zero-order valence-electron chi connectivity index (χ0n) is 9.94. The molecule has 88 valence electrons. The molecule has 2 aromatic rings. The Morgan fingerprint density at radius 2 is 2.06 bits per heavy atom. The Kier molecular flexibility index (Phi) is 2.73. The number of nitrogens with zero attached hydrogens (tertiary/aromatic N) is 1. The molecule has 1 aromatic carbocycles. The lowest BCUT2D eigenvalue weighted by Crippen LogP contribution is -2.58. The fourth-order valence-electron chi connectivity index (χ4n) is 2.43. The van der Waals surface area contributed by atoms with Crippen molar-refractivity contribution in [2.45, 2.75) is 18.8 Å². The molecule has 0 radical (unpaired) electrons. The molecule has 1 aliphatic rings. The van der Waals surface area contributed by atoms with Gasteiger partial charge < -0.3 is 5.32 Å². The smallest absolute Gasteiger partial charge is 0.0794 e. The third-order valence-corrected chi connectivity index (χ3v) is 4.37. The largest absolute Gasteiger partial charge is 0.315 e. The first-order valence-corrected chi connectivity index (χ1v) is 6.82. The van der Waals surface area contributed by atoms with E-state index in [-0.39, 0.29) is 0 Å². The Hall–Kier alpha value is -1.19. The van der Waals surface area contributed by atoms with Crippen LogP contribution in [-0.2, 0) is 11.8 Å². The van der Waals surface area contributed by atoms with Crippen LogP contribution in [0.15, 0.2) is 36.0 Å². The van der Waals surface area contributed by atoms with Crippen molar-refractivity contribution >= 4 is 11.3 Å². The molecule has 3 rings (SSSR count). The Labute approximate surface area is 106 Å². The van der Waals surface area contributed by atoms with Crippen LogP contribution in [-0.4, -0.2) is 18.1 Å². The molecule has 2 nitrogen and oxygen atoms in total. The van der Waals surface area contributed by atoms with Gasteiger partial charge in [0.25, 0.3) is 0 Å². The van der Waals surface area contributed by atoms with E-state index in [1.807, 2.05) is 11.7 Å². The van der Waals surface area contributed by atoms with Gasteiger partial charge in [0.15, 0.2) is 0 Å². The molecule has 3 heteroatoms. The highest BCUT2D eigenvalue weighted by atomic mass is 32.1. The van der Waals surface area contributed by atoms with Crippen LogP contribution in [0.5, 0.6) is 0 Å². The summed E-state index contributed by atoms with van der Waals surface area (Å²) in [6.45, 7) is 4.29. The summed E-state index contributed by atoms with van der Waals surface area (Å²) in [4.78, 5) is 5.55. The summed E-state index contributed by atoms with van der Waals surface area (Å²) in [7, 11) is 0. The van der Waals surface area contributed by atoms with E-state index >= 15 is 0 Å². The fraction of sp³-hybridized carbons (Fsp3) is 0.357. The third-order valence-electron chi connectivity index (χ3n) is 3.59. The minimum Gasteiger partial charge on any atom is -0.315 e. The normalized spacial score (nSPS) is 17.7. The van der Waals surface area contributed by atoms with E-state index < -0.39 is 0 Å². The Morgan fingerprint density at radius 1 is 1.29 bits per heavy atom. The van der Waals surface area contributed by atoms with E-state index in [1.165, 1.54) is 16.0 Å². The molecule has 2 heterocycles. The van der Waals surface area contributed by atoms with Crippen molar-refractivity contribution in [1.29, 1.82) is 0 Å². The van der Waals surface area contributed by atoms with E-state index in [0.29, 0.717) is 5.41 Å². The van der Waals surface area contributed by atoms with Gasteiger partial charge >= 0.3 is 0 Å². The van der Waals surface area contributed by atoms with E-state index in [9.17, 15) is 0 Å². The van der Waals surface area contributed by atoms with Gasteiger partial charge in [-0.05, 0) is 18.9 Å². The van der Waals surface area contributed by atoms with Crippen molar-refractivity contribution in [3.05, 3.63) is 52.0 Å². The molecule has 1 fully saturated rings. The second kappa shape index (κ2) is 4.24. The van der Waals surface area contributed by atoms with E-state index in [1.54, 1.807) is 11.3 Å². The van der Waals surface area contributed by atoms with Gasteiger partial charge in [-0.15, -0.1) is 11.3 Å². The SMILES string of the molecule is Cc1ccc(C2(Cc3cncs3)CNC2)cc1. The molecule has 1 aromatic heterocycles. The summed E-state index contributed by atoms with van der Waals surface area (Å²) in [5.41, 5.74) is 4.99. The number of aromatic nitrogens is 1. The van der Waals surface area contributed by atoms with Gasteiger partial charge in [-0.25, -0.2) is 0 Å². The average Bonchev–Trinajstić information content (AvgIpc) is 2.77. The number of rotatable bonds is 3. The number of hydrogen-bond donors (Lipinski definition) is 1. The van der Waals surface area contributed by atoms with Crippen molar-refractivity contribution in [2.75, 3.05) is 13.1 Å². The maximum absolute atomic E-state index is 4.17. The van der Waals surface area contributed by atoms with Crippen LogP contribution < -0.4 is 5.32 Å². The van der Waals surface area contributed by atoms with Gasteiger partial charge in [0.1, 0.15) is 0 Å². The van der Waals surface area contributed by atoms with Gasteiger partial charge in [0.2, 0.25) is 0 Å². The standard InChI is InChI=1S/C14H16N2S/c1-11-2-4-12(5-3-11)14(8-16-9-14)6-13-7-15-10-17-13/h2-5,7,10,16H,6,8-9H2,1H3. The van der Waals surface area contributed by atoms with Gasteiger partial charge in [-0.1, -0.05) is 29.8 Å². The van der Waals surface area contributed by atoms with Gasteiger partial charge in [-0.3, -0.25) is 4.98 Å². The summed E-state index contributed by atoms with van der Waals surface area (Å²) in [5, 5.41) is 3.41. The van der Waals surface area contributed by atoms with E-state index in [4.69, 9.17) is 0 Å². The molecule has 0 atom stereocenters. The van der Waals surface area contributed by atoms with Crippen LogP contribution in [0.1, 0.15) is 16.0 Å². The van der Waals surface area contributed by atoms with Crippen LogP contribution in [0.3, 0.4) is 0 Å². The van der Waals surface area contributed by atoms with E-state index in [0.717, 1.165) is 19.5 Å². The second-order valence-corrected chi connectivity index (χ2v) is 5.87. The lowest BCUT2D eigenvalue weighted by Gasteiger charge is -2.43. The maximum Gasteiger partial charge on any atom is 0.0794 e. The first-order valence-electron chi connectivity index (χ1n) is 5.94. The Bertz CT molecular complexity index is 483. The number of aryl methyl sites for hydroxylation is 1. The zero-order valence-corrected chi connectivity index (χ0v) is 10.8. The lowest BCUT2D eigenvalue weighted by molar-refractivity contribution is 0.276. The maximum atomic E-state index is 4.17. The van der Waals surface area contributed by atoms with Crippen molar-refractivity contribution in [1.82, 2.24) is 10.3 Å². The summed E-state index contributed by atoms with van der Waals surface area (Å²) >= 11 is 1.76. The van der Waals surface area contributed by atoms with Crippen LogP contribution in [0.25, 0.3) is 0 Å². The van der Waals surface area contributed by atoms with E-state index in [2.05, 4.69) is 41.5 Å². The summed E-state index contributed by atoms with van der Waals surface area (Å²) in [6, 6.07) is 8.97. The summed E-state index contributed by atoms with van der Waals surface area (Å²) in [6.07, 6.45) is 3.10. The topological polar surface area (TPSA) is 24.9 Å². The van der Waals surface area contributed by atoms with Crippen molar-refractivity contribution in [3.8, 4) is 0 Å². The van der Waals surface area contributed by atoms with Gasteiger partial charge in [-0.2, -0.15) is 0 Å². The predicted octanol–water partition coefficient (Wildman–Crippen LogP) is 2.54. The molecule has 0 unspecified atom stereocenters. The average molecular weight is 244 g/mol. The third kappa shape index (κ3) is 2.01. The first-order chi connectivity index (χ1) is 8.28. The molecule has 1 aliphatic heterocycles. The van der Waals surface area contributed by atoms with Crippen LogP contribution >= 0.6 is 11.3 Å². The number of benzene rings is 1. The molecule has 17 heavy (non-hydrogen) atoms. The molecular weight excluding hydrogens is 228 g/mol. The van der Waals surface area contributed by atoms with Crippen LogP contribution in [0.4, 0.5) is 0 Å². The second-order valence-electron chi connectivity index (χ2n) is 4.89. The van der Waals surface area contributed by atoms with Gasteiger partial charge in [0, 0.05) is 29.6 Å². The summed E-state index contributed by atoms with van der Waals surface area (Å²) in [5.74, 6) is 0. The van der Waals surface area contributed by atoms with Gasteiger partial charge in [0.05, 0.1) is 5.51 Å². The molecule has 0 amide bonds. The minimum atomic E-state index is 0.292. The molecule has 0 spiro atoms. The van der Waals surface area contributed by atoms with Crippen molar-refractivity contribution in [2.24, 2.45) is 0 Å².